The lowest BCUT2D eigenvalue weighted by molar-refractivity contribution is -0.128. The van der Waals surface area contributed by atoms with Gasteiger partial charge in [0.15, 0.2) is 5.78 Å². The molecule has 1 amide bonds. The van der Waals surface area contributed by atoms with E-state index in [1.807, 2.05) is 29.2 Å². The molecule has 0 radical (unpaired) electrons. The van der Waals surface area contributed by atoms with Crippen molar-refractivity contribution in [2.45, 2.75) is 19.8 Å². The highest BCUT2D eigenvalue weighted by Gasteiger charge is 2.29. The lowest BCUT2D eigenvalue weighted by atomic mass is 9.96. The van der Waals surface area contributed by atoms with Crippen LogP contribution in [0.3, 0.4) is 0 Å². The van der Waals surface area contributed by atoms with Gasteiger partial charge in [0.25, 0.3) is 0 Å². The first-order valence-corrected chi connectivity index (χ1v) is 6.96. The van der Waals surface area contributed by atoms with E-state index in [-0.39, 0.29) is 11.7 Å². The maximum atomic E-state index is 11.9. The highest BCUT2D eigenvalue weighted by atomic mass is 16.5. The molecule has 0 unspecified atom stereocenters. The summed E-state index contributed by atoms with van der Waals surface area (Å²) < 4.78 is 5.02. The number of hydrogen-bond acceptors (Lipinski definition) is 3. The predicted molar refractivity (Wildman–Crippen MR) is 76.7 cm³/mol. The summed E-state index contributed by atoms with van der Waals surface area (Å²) >= 11 is 0. The van der Waals surface area contributed by atoms with Gasteiger partial charge in [-0.25, -0.2) is 0 Å². The number of hydrogen-bond donors (Lipinski definition) is 0. The maximum Gasteiger partial charge on any atom is 0.223 e. The second kappa shape index (κ2) is 6.66. The molecule has 1 fully saturated rings. The third kappa shape index (κ3) is 3.67. The summed E-state index contributed by atoms with van der Waals surface area (Å²) in [5.74, 6) is 0.618. The minimum absolute atomic E-state index is 0.0797. The van der Waals surface area contributed by atoms with Crippen LogP contribution in [-0.4, -0.2) is 43.4 Å². The van der Waals surface area contributed by atoms with Crippen LogP contribution in [0, 0.1) is 5.92 Å². The van der Waals surface area contributed by atoms with Crippen molar-refractivity contribution in [1.82, 2.24) is 4.90 Å². The Balaban J connectivity index is 1.96. The van der Waals surface area contributed by atoms with Crippen molar-refractivity contribution >= 4 is 11.7 Å². The van der Waals surface area contributed by atoms with Crippen LogP contribution in [0.5, 0.6) is 0 Å². The number of nitrogens with zero attached hydrogens (tertiary/aromatic N) is 1. The van der Waals surface area contributed by atoms with Gasteiger partial charge in [0, 0.05) is 32.2 Å². The summed E-state index contributed by atoms with van der Waals surface area (Å²) in [6.45, 7) is 3.61. The van der Waals surface area contributed by atoms with E-state index in [2.05, 4.69) is 0 Å². The highest BCUT2D eigenvalue weighted by molar-refractivity contribution is 5.94. The Morgan fingerprint density at radius 1 is 1.45 bits per heavy atom. The third-order valence-electron chi connectivity index (χ3n) is 3.72. The SMILES string of the molecule is COCCN1C[C@H](Cc2cccc(C(C)=O)c2)CC1=O. The highest BCUT2D eigenvalue weighted by Crippen LogP contribution is 2.22. The number of Topliss-reactive ketones (excluding diaryl/α,β-unsaturated/α-hetero) is 1. The van der Waals surface area contributed by atoms with Gasteiger partial charge in [-0.1, -0.05) is 18.2 Å². The Kier molecular flexibility index (Phi) is 4.90. The van der Waals surface area contributed by atoms with E-state index < -0.39 is 0 Å². The number of rotatable bonds is 6. The molecule has 1 aromatic rings. The fourth-order valence-electron chi connectivity index (χ4n) is 2.66. The van der Waals surface area contributed by atoms with Gasteiger partial charge in [-0.05, 0) is 30.9 Å². The molecule has 108 valence electrons. The maximum absolute atomic E-state index is 11.9. The molecule has 20 heavy (non-hydrogen) atoms. The second-order valence-corrected chi connectivity index (χ2v) is 5.36. The van der Waals surface area contributed by atoms with Crippen molar-refractivity contribution in [2.24, 2.45) is 5.92 Å². The average Bonchev–Trinajstić information content (AvgIpc) is 2.76. The molecule has 2 rings (SSSR count). The molecule has 1 saturated heterocycles. The van der Waals surface area contributed by atoms with Crippen molar-refractivity contribution in [2.75, 3.05) is 26.8 Å². The molecule has 0 saturated carbocycles. The first kappa shape index (κ1) is 14.7. The molecule has 0 spiro atoms. The molecular weight excluding hydrogens is 254 g/mol. The molecule has 1 atom stereocenters. The van der Waals surface area contributed by atoms with Crippen LogP contribution in [0.15, 0.2) is 24.3 Å². The first-order chi connectivity index (χ1) is 9.60. The molecule has 1 aromatic carbocycles. The summed E-state index contributed by atoms with van der Waals surface area (Å²) in [7, 11) is 1.64. The van der Waals surface area contributed by atoms with Crippen molar-refractivity contribution in [3.05, 3.63) is 35.4 Å². The van der Waals surface area contributed by atoms with Gasteiger partial charge in [-0.2, -0.15) is 0 Å². The Morgan fingerprint density at radius 3 is 2.95 bits per heavy atom. The minimum Gasteiger partial charge on any atom is -0.383 e. The summed E-state index contributed by atoms with van der Waals surface area (Å²) in [6.07, 6.45) is 1.43. The molecule has 0 N–H and O–H groups in total. The topological polar surface area (TPSA) is 46.6 Å². The smallest absolute Gasteiger partial charge is 0.223 e. The summed E-state index contributed by atoms with van der Waals surface area (Å²) in [5, 5.41) is 0. The molecule has 4 nitrogen and oxygen atoms in total. The average molecular weight is 275 g/mol. The van der Waals surface area contributed by atoms with Gasteiger partial charge in [-0.3, -0.25) is 9.59 Å². The summed E-state index contributed by atoms with van der Waals surface area (Å²) in [5.41, 5.74) is 1.87. The number of likely N-dealkylation sites (tertiary alicyclic amines) is 1. The van der Waals surface area contributed by atoms with Gasteiger partial charge in [0.1, 0.15) is 0 Å². The Hall–Kier alpha value is -1.68. The largest absolute Gasteiger partial charge is 0.383 e. The van der Waals surface area contributed by atoms with E-state index in [0.29, 0.717) is 25.5 Å². The van der Waals surface area contributed by atoms with E-state index in [0.717, 1.165) is 24.1 Å². The van der Waals surface area contributed by atoms with Crippen molar-refractivity contribution < 1.29 is 14.3 Å². The summed E-state index contributed by atoms with van der Waals surface area (Å²) in [4.78, 5) is 25.1. The van der Waals surface area contributed by atoms with E-state index in [1.54, 1.807) is 14.0 Å². The van der Waals surface area contributed by atoms with Crippen LogP contribution in [-0.2, 0) is 16.0 Å². The number of benzene rings is 1. The Labute approximate surface area is 119 Å². The molecule has 0 bridgehead atoms. The van der Waals surface area contributed by atoms with E-state index in [1.165, 1.54) is 0 Å². The Bertz CT molecular complexity index is 498. The zero-order chi connectivity index (χ0) is 14.5. The standard InChI is InChI=1S/C16H21NO3/c1-12(18)15-5-3-4-13(9-15)8-14-10-16(19)17(11-14)6-7-20-2/h3-5,9,14H,6-8,10-11H2,1-2H3/t14-/m1/s1. The van der Waals surface area contributed by atoms with Crippen LogP contribution in [0.2, 0.25) is 0 Å². The number of carbonyl (C=O) groups is 2. The molecule has 1 aliphatic heterocycles. The molecule has 1 heterocycles. The zero-order valence-corrected chi connectivity index (χ0v) is 12.1. The molecular formula is C16H21NO3. The van der Waals surface area contributed by atoms with Gasteiger partial charge in [0.2, 0.25) is 5.91 Å². The number of ketones is 1. The van der Waals surface area contributed by atoms with Crippen LogP contribution in [0.25, 0.3) is 0 Å². The van der Waals surface area contributed by atoms with Crippen LogP contribution in [0.4, 0.5) is 0 Å². The molecule has 4 heteroatoms. The number of amides is 1. The summed E-state index contributed by atoms with van der Waals surface area (Å²) in [6, 6.07) is 7.70. The monoisotopic (exact) mass is 275 g/mol. The first-order valence-electron chi connectivity index (χ1n) is 6.96. The van der Waals surface area contributed by atoms with Crippen LogP contribution < -0.4 is 0 Å². The molecule has 1 aliphatic rings. The van der Waals surface area contributed by atoms with E-state index in [9.17, 15) is 9.59 Å². The lowest BCUT2D eigenvalue weighted by Crippen LogP contribution is -2.28. The number of ether oxygens (including phenoxy) is 1. The normalized spacial score (nSPS) is 18.6. The Morgan fingerprint density at radius 2 is 2.25 bits per heavy atom. The number of methoxy groups -OCH3 is 1. The van der Waals surface area contributed by atoms with Crippen molar-refractivity contribution in [3.63, 3.8) is 0 Å². The zero-order valence-electron chi connectivity index (χ0n) is 12.1. The minimum atomic E-state index is 0.0797. The molecule has 0 aromatic heterocycles. The van der Waals surface area contributed by atoms with Gasteiger partial charge >= 0.3 is 0 Å². The quantitative estimate of drug-likeness (QED) is 0.745. The van der Waals surface area contributed by atoms with Gasteiger partial charge < -0.3 is 9.64 Å². The molecule has 0 aliphatic carbocycles. The fraction of sp³-hybridized carbons (Fsp3) is 0.500. The van der Waals surface area contributed by atoms with E-state index in [4.69, 9.17) is 4.74 Å². The van der Waals surface area contributed by atoms with Crippen LogP contribution in [0.1, 0.15) is 29.3 Å². The lowest BCUT2D eigenvalue weighted by Gasteiger charge is -2.16. The van der Waals surface area contributed by atoms with Crippen molar-refractivity contribution in [3.8, 4) is 0 Å². The third-order valence-corrected chi connectivity index (χ3v) is 3.72. The van der Waals surface area contributed by atoms with Gasteiger partial charge in [0.05, 0.1) is 6.61 Å². The van der Waals surface area contributed by atoms with E-state index >= 15 is 0 Å². The van der Waals surface area contributed by atoms with Crippen molar-refractivity contribution in [1.29, 1.82) is 0 Å². The van der Waals surface area contributed by atoms with Crippen LogP contribution >= 0.6 is 0 Å². The van der Waals surface area contributed by atoms with Gasteiger partial charge in [-0.15, -0.1) is 0 Å². The number of carbonyl (C=O) groups excluding carboxylic acids is 2. The fourth-order valence-corrected chi connectivity index (χ4v) is 2.66. The predicted octanol–water partition coefficient (Wildman–Crippen LogP) is 1.93. The second-order valence-electron chi connectivity index (χ2n) is 5.36.